The summed E-state index contributed by atoms with van der Waals surface area (Å²) in [4.78, 5) is 30.3. The molecule has 0 bridgehead atoms. The Morgan fingerprint density at radius 1 is 1.40 bits per heavy atom. The van der Waals surface area contributed by atoms with Gasteiger partial charge in [0, 0.05) is 11.9 Å². The molecule has 0 saturated carbocycles. The van der Waals surface area contributed by atoms with Crippen LogP contribution in [0.4, 0.5) is 0 Å². The number of aromatic nitrogens is 1. The standard InChI is InChI=1S/C19H18N4O2/c1-12-15(3-2-8-22-12)19(25)23(11-18(21)24)17-7-6-14-5-4-13(10-20)9-16(14)17/h2-5,8-9,17H,6-7,11H2,1H3,(H2,21,24). The Balaban J connectivity index is 2.02. The minimum absolute atomic E-state index is 0.173. The molecule has 126 valence electrons. The lowest BCUT2D eigenvalue weighted by Gasteiger charge is -2.29. The normalized spacial score (nSPS) is 15.3. The summed E-state index contributed by atoms with van der Waals surface area (Å²) in [5, 5.41) is 9.15. The second kappa shape index (κ2) is 6.73. The quantitative estimate of drug-likeness (QED) is 0.922. The van der Waals surface area contributed by atoms with Crippen molar-refractivity contribution in [1.82, 2.24) is 9.88 Å². The van der Waals surface area contributed by atoms with Gasteiger partial charge in [0.2, 0.25) is 5.91 Å². The maximum atomic E-state index is 13.1. The molecular weight excluding hydrogens is 316 g/mol. The van der Waals surface area contributed by atoms with Gasteiger partial charge in [0.05, 0.1) is 23.2 Å². The van der Waals surface area contributed by atoms with E-state index >= 15 is 0 Å². The number of nitrogens with zero attached hydrogens (tertiary/aromatic N) is 3. The van der Waals surface area contributed by atoms with Crippen molar-refractivity contribution >= 4 is 11.8 Å². The van der Waals surface area contributed by atoms with Gasteiger partial charge in [-0.15, -0.1) is 0 Å². The van der Waals surface area contributed by atoms with Gasteiger partial charge in [-0.3, -0.25) is 14.6 Å². The van der Waals surface area contributed by atoms with Crippen molar-refractivity contribution in [2.45, 2.75) is 25.8 Å². The predicted octanol–water partition coefficient (Wildman–Crippen LogP) is 1.88. The minimum Gasteiger partial charge on any atom is -0.368 e. The second-order valence-electron chi connectivity index (χ2n) is 6.12. The van der Waals surface area contributed by atoms with Crippen LogP contribution in [0.25, 0.3) is 0 Å². The fourth-order valence-corrected chi connectivity index (χ4v) is 3.33. The molecule has 1 unspecified atom stereocenters. The van der Waals surface area contributed by atoms with E-state index < -0.39 is 5.91 Å². The minimum atomic E-state index is -0.570. The van der Waals surface area contributed by atoms with Gasteiger partial charge in [-0.1, -0.05) is 6.07 Å². The average molecular weight is 334 g/mol. The Labute approximate surface area is 145 Å². The first-order chi connectivity index (χ1) is 12.0. The number of primary amides is 1. The molecule has 6 heteroatoms. The zero-order chi connectivity index (χ0) is 18.0. The van der Waals surface area contributed by atoms with Gasteiger partial charge in [-0.25, -0.2) is 0 Å². The molecule has 2 N–H and O–H groups in total. The molecule has 0 radical (unpaired) electrons. The van der Waals surface area contributed by atoms with Crippen LogP contribution in [-0.4, -0.2) is 28.2 Å². The molecule has 0 fully saturated rings. The average Bonchev–Trinajstić information content (AvgIpc) is 3.02. The summed E-state index contributed by atoms with van der Waals surface area (Å²) >= 11 is 0. The highest BCUT2D eigenvalue weighted by atomic mass is 16.2. The molecule has 1 aliphatic rings. The second-order valence-corrected chi connectivity index (χ2v) is 6.12. The molecule has 1 heterocycles. The third kappa shape index (κ3) is 3.22. The number of hydrogen-bond acceptors (Lipinski definition) is 4. The maximum Gasteiger partial charge on any atom is 0.256 e. The molecular formula is C19H18N4O2. The number of fused-ring (bicyclic) bond motifs is 1. The van der Waals surface area contributed by atoms with E-state index in [9.17, 15) is 9.59 Å². The van der Waals surface area contributed by atoms with Crippen molar-refractivity contribution < 1.29 is 9.59 Å². The largest absolute Gasteiger partial charge is 0.368 e. The van der Waals surface area contributed by atoms with E-state index in [1.807, 2.05) is 6.07 Å². The Hall–Kier alpha value is -3.20. The molecule has 0 spiro atoms. The van der Waals surface area contributed by atoms with Crippen molar-refractivity contribution in [2.24, 2.45) is 5.73 Å². The van der Waals surface area contributed by atoms with Crippen LogP contribution in [0.2, 0.25) is 0 Å². The third-order valence-corrected chi connectivity index (χ3v) is 4.52. The fourth-order valence-electron chi connectivity index (χ4n) is 3.33. The van der Waals surface area contributed by atoms with Crippen LogP contribution in [-0.2, 0) is 11.2 Å². The number of pyridine rings is 1. The summed E-state index contributed by atoms with van der Waals surface area (Å²) in [6.45, 7) is 1.58. The molecule has 2 amide bonds. The molecule has 1 aliphatic carbocycles. The number of carbonyl (C=O) groups excluding carboxylic acids is 2. The summed E-state index contributed by atoms with van der Waals surface area (Å²) in [5.74, 6) is -0.843. The number of hydrogen-bond donors (Lipinski definition) is 1. The molecule has 1 aromatic carbocycles. The molecule has 2 aromatic rings. The van der Waals surface area contributed by atoms with Crippen LogP contribution in [0.5, 0.6) is 0 Å². The zero-order valence-electron chi connectivity index (χ0n) is 13.9. The van der Waals surface area contributed by atoms with Crippen LogP contribution in [0.3, 0.4) is 0 Å². The van der Waals surface area contributed by atoms with Crippen LogP contribution in [0.1, 0.15) is 45.2 Å². The summed E-state index contributed by atoms with van der Waals surface area (Å²) < 4.78 is 0. The van der Waals surface area contributed by atoms with Gasteiger partial charge in [0.1, 0.15) is 6.54 Å². The van der Waals surface area contributed by atoms with Gasteiger partial charge < -0.3 is 10.6 Å². The first kappa shape index (κ1) is 16.7. The highest BCUT2D eigenvalue weighted by Crippen LogP contribution is 2.37. The van der Waals surface area contributed by atoms with Crippen molar-refractivity contribution in [3.05, 3.63) is 64.5 Å². The van der Waals surface area contributed by atoms with E-state index in [0.29, 0.717) is 23.2 Å². The van der Waals surface area contributed by atoms with Crippen LogP contribution >= 0.6 is 0 Å². The number of aryl methyl sites for hydroxylation is 2. The smallest absolute Gasteiger partial charge is 0.256 e. The number of nitrogens with two attached hydrogens (primary N) is 1. The number of benzene rings is 1. The van der Waals surface area contributed by atoms with E-state index in [4.69, 9.17) is 11.0 Å². The monoisotopic (exact) mass is 334 g/mol. The molecule has 0 saturated heterocycles. The molecule has 25 heavy (non-hydrogen) atoms. The highest BCUT2D eigenvalue weighted by Gasteiger charge is 2.33. The van der Waals surface area contributed by atoms with Crippen molar-refractivity contribution in [3.8, 4) is 6.07 Å². The van der Waals surface area contributed by atoms with Gasteiger partial charge in [-0.05, 0) is 55.2 Å². The lowest BCUT2D eigenvalue weighted by Crippen LogP contribution is -2.40. The van der Waals surface area contributed by atoms with Crippen molar-refractivity contribution in [3.63, 3.8) is 0 Å². The topological polar surface area (TPSA) is 100 Å². The maximum absolute atomic E-state index is 13.1. The molecule has 3 rings (SSSR count). The summed E-state index contributed by atoms with van der Waals surface area (Å²) in [6.07, 6.45) is 3.11. The Morgan fingerprint density at radius 3 is 2.88 bits per heavy atom. The van der Waals surface area contributed by atoms with Crippen molar-refractivity contribution in [2.75, 3.05) is 6.54 Å². The SMILES string of the molecule is Cc1ncccc1C(=O)N(CC(N)=O)C1CCc2ccc(C#N)cc21. The summed E-state index contributed by atoms with van der Waals surface area (Å²) in [6, 6.07) is 10.7. The van der Waals surface area contributed by atoms with E-state index in [1.54, 1.807) is 37.4 Å². The van der Waals surface area contributed by atoms with E-state index in [0.717, 1.165) is 17.5 Å². The first-order valence-electron chi connectivity index (χ1n) is 8.05. The van der Waals surface area contributed by atoms with Gasteiger partial charge in [0.25, 0.3) is 5.91 Å². The lowest BCUT2D eigenvalue weighted by atomic mass is 10.0. The molecule has 1 atom stereocenters. The summed E-state index contributed by atoms with van der Waals surface area (Å²) in [7, 11) is 0. The first-order valence-corrected chi connectivity index (χ1v) is 8.05. The Morgan fingerprint density at radius 2 is 2.20 bits per heavy atom. The Kier molecular flexibility index (Phi) is 4.48. The Bertz CT molecular complexity index is 885. The zero-order valence-corrected chi connectivity index (χ0v) is 13.9. The van der Waals surface area contributed by atoms with Crippen LogP contribution in [0.15, 0.2) is 36.5 Å². The number of carbonyl (C=O) groups is 2. The molecule has 6 nitrogen and oxygen atoms in total. The number of rotatable bonds is 4. The molecule has 0 aliphatic heterocycles. The van der Waals surface area contributed by atoms with Crippen LogP contribution < -0.4 is 5.73 Å². The summed E-state index contributed by atoms with van der Waals surface area (Å²) in [5.41, 5.74) is 8.99. The number of amides is 2. The van der Waals surface area contributed by atoms with Gasteiger partial charge >= 0.3 is 0 Å². The number of nitriles is 1. The van der Waals surface area contributed by atoms with E-state index in [1.165, 1.54) is 4.90 Å². The lowest BCUT2D eigenvalue weighted by molar-refractivity contribution is -0.119. The van der Waals surface area contributed by atoms with E-state index in [2.05, 4.69) is 11.1 Å². The van der Waals surface area contributed by atoms with Crippen LogP contribution in [0, 0.1) is 18.3 Å². The van der Waals surface area contributed by atoms with Gasteiger partial charge in [-0.2, -0.15) is 5.26 Å². The fraction of sp³-hybridized carbons (Fsp3) is 0.263. The van der Waals surface area contributed by atoms with E-state index in [-0.39, 0.29) is 18.5 Å². The van der Waals surface area contributed by atoms with Crippen molar-refractivity contribution in [1.29, 1.82) is 5.26 Å². The predicted molar refractivity (Wildman–Crippen MR) is 91.4 cm³/mol. The third-order valence-electron chi connectivity index (χ3n) is 4.52. The molecule has 1 aromatic heterocycles. The van der Waals surface area contributed by atoms with Gasteiger partial charge in [0.15, 0.2) is 0 Å². The highest BCUT2D eigenvalue weighted by molar-refractivity contribution is 5.97.